The molecule has 0 aromatic heterocycles. The molecule has 1 saturated heterocycles. The van der Waals surface area contributed by atoms with Crippen LogP contribution in [0.15, 0.2) is 35.7 Å². The molecule has 2 aliphatic rings. The molecule has 2 unspecified atom stereocenters. The largest absolute Gasteiger partial charge is 0.501 e. The van der Waals surface area contributed by atoms with E-state index in [1.54, 1.807) is 12.1 Å². The van der Waals surface area contributed by atoms with E-state index >= 15 is 0 Å². The van der Waals surface area contributed by atoms with E-state index in [-0.39, 0.29) is 12.2 Å². The first-order valence-corrected chi connectivity index (χ1v) is 9.02. The number of aliphatic hydroxyl groups is 1. The van der Waals surface area contributed by atoms with E-state index in [2.05, 4.69) is 15.5 Å². The Kier molecular flexibility index (Phi) is 5.07. The summed E-state index contributed by atoms with van der Waals surface area (Å²) in [6.07, 6.45) is 0.210. The summed E-state index contributed by atoms with van der Waals surface area (Å²) in [6, 6.07) is 5.86. The highest BCUT2D eigenvalue weighted by molar-refractivity contribution is 6.01. The molecule has 3 rings (SSSR count). The van der Waals surface area contributed by atoms with Gasteiger partial charge in [0, 0.05) is 33.1 Å². The van der Waals surface area contributed by atoms with Gasteiger partial charge < -0.3 is 25.7 Å². The number of rotatable bonds is 4. The van der Waals surface area contributed by atoms with Gasteiger partial charge in [-0.25, -0.2) is 9.18 Å². The summed E-state index contributed by atoms with van der Waals surface area (Å²) in [6.45, 7) is 3.84. The Morgan fingerprint density at radius 3 is 2.50 bits per heavy atom. The van der Waals surface area contributed by atoms with Crippen LogP contribution in [0.25, 0.3) is 0 Å². The summed E-state index contributed by atoms with van der Waals surface area (Å²) in [5, 5.41) is 26.0. The molecule has 1 fully saturated rings. The average molecular weight is 392 g/mol. The van der Waals surface area contributed by atoms with Gasteiger partial charge in [-0.1, -0.05) is 12.1 Å². The molecule has 2 aliphatic heterocycles. The smallest absolute Gasteiger partial charge is 0.356 e. The maximum Gasteiger partial charge on any atom is 0.356 e. The molecule has 4 N–H and O–H groups in total. The first kappa shape index (κ1) is 20.1. The van der Waals surface area contributed by atoms with Gasteiger partial charge in [0.25, 0.3) is 5.91 Å². The molecular weight excluding hydrogens is 367 g/mol. The topological polar surface area (TPSA) is 105 Å². The van der Waals surface area contributed by atoms with Gasteiger partial charge in [-0.2, -0.15) is 0 Å². The fourth-order valence-electron chi connectivity index (χ4n) is 4.11. The van der Waals surface area contributed by atoms with Gasteiger partial charge in [-0.15, -0.1) is 0 Å². The van der Waals surface area contributed by atoms with Crippen LogP contribution in [0.1, 0.15) is 12.5 Å². The van der Waals surface area contributed by atoms with E-state index in [0.717, 1.165) is 12.1 Å². The molecule has 0 radical (unpaired) electrons. The van der Waals surface area contributed by atoms with Crippen LogP contribution in [-0.4, -0.2) is 76.8 Å². The number of carbonyl (C=O) groups is 2. The number of carboxylic acids is 1. The lowest BCUT2D eigenvalue weighted by atomic mass is 9.75. The lowest BCUT2D eigenvalue weighted by Crippen LogP contribution is -2.81. The molecule has 8 nitrogen and oxygen atoms in total. The number of benzene rings is 1. The van der Waals surface area contributed by atoms with Crippen molar-refractivity contribution in [1.29, 1.82) is 0 Å². The van der Waals surface area contributed by atoms with Crippen molar-refractivity contribution in [2.45, 2.75) is 24.5 Å². The summed E-state index contributed by atoms with van der Waals surface area (Å²) in [4.78, 5) is 28.0. The second kappa shape index (κ2) is 7.06. The highest BCUT2D eigenvalue weighted by atomic mass is 19.1. The molecule has 2 atom stereocenters. The van der Waals surface area contributed by atoms with Crippen LogP contribution >= 0.6 is 0 Å². The molecule has 0 spiro atoms. The molecule has 152 valence electrons. The van der Waals surface area contributed by atoms with Crippen LogP contribution in [0, 0.1) is 5.82 Å². The monoisotopic (exact) mass is 392 g/mol. The second-order valence-electron chi connectivity index (χ2n) is 7.55. The number of likely N-dealkylation sites (N-methyl/N-ethyl adjacent to an activating group) is 2. The second-order valence-corrected chi connectivity index (χ2v) is 7.55. The number of piperazine rings is 1. The van der Waals surface area contributed by atoms with Crippen LogP contribution in [0.2, 0.25) is 0 Å². The van der Waals surface area contributed by atoms with Gasteiger partial charge in [-0.3, -0.25) is 9.69 Å². The van der Waals surface area contributed by atoms with Crippen molar-refractivity contribution in [1.82, 2.24) is 20.4 Å². The molecule has 1 aromatic rings. The minimum atomic E-state index is -1.42. The normalized spacial score (nSPS) is 29.0. The summed E-state index contributed by atoms with van der Waals surface area (Å²) < 4.78 is 13.4. The van der Waals surface area contributed by atoms with Crippen molar-refractivity contribution in [2.75, 3.05) is 33.7 Å². The Labute approximate surface area is 162 Å². The first-order chi connectivity index (χ1) is 13.1. The summed E-state index contributed by atoms with van der Waals surface area (Å²) in [5.74, 6) is -3.42. The quantitative estimate of drug-likeness (QED) is 0.583. The molecule has 0 saturated carbocycles. The third kappa shape index (κ3) is 3.00. The van der Waals surface area contributed by atoms with Crippen LogP contribution < -0.4 is 10.6 Å². The molecule has 2 heterocycles. The molecule has 0 bridgehead atoms. The summed E-state index contributed by atoms with van der Waals surface area (Å²) >= 11 is 0. The van der Waals surface area contributed by atoms with Crippen LogP contribution in [-0.2, 0) is 16.0 Å². The highest BCUT2D eigenvalue weighted by Crippen LogP contribution is 2.38. The number of hydrogen-bond donors (Lipinski definition) is 4. The fraction of sp³-hybridized carbons (Fsp3) is 0.474. The lowest BCUT2D eigenvalue weighted by molar-refractivity contribution is -0.153. The predicted molar refractivity (Wildman–Crippen MR) is 99.9 cm³/mol. The van der Waals surface area contributed by atoms with Crippen LogP contribution in [0.3, 0.4) is 0 Å². The number of carbonyl (C=O) groups excluding carboxylic acids is 1. The number of nitrogens with zero attached hydrogens (tertiary/aromatic N) is 2. The summed E-state index contributed by atoms with van der Waals surface area (Å²) in [7, 11) is 3.44. The molecule has 1 amide bonds. The molecular formula is C19H25FN4O4. The van der Waals surface area contributed by atoms with Gasteiger partial charge in [-0.05, 0) is 31.7 Å². The zero-order valence-electron chi connectivity index (χ0n) is 16.1. The molecule has 1 aromatic carbocycles. The Morgan fingerprint density at radius 1 is 1.29 bits per heavy atom. The maximum absolute atomic E-state index is 13.4. The maximum atomic E-state index is 13.4. The Bertz CT molecular complexity index is 828. The van der Waals surface area contributed by atoms with E-state index in [1.165, 1.54) is 24.1 Å². The van der Waals surface area contributed by atoms with Gasteiger partial charge in [0.05, 0.1) is 5.54 Å². The van der Waals surface area contributed by atoms with Gasteiger partial charge >= 0.3 is 5.97 Å². The number of aliphatic hydroxyl groups excluding tert-OH is 1. The minimum Gasteiger partial charge on any atom is -0.501 e. The molecule has 28 heavy (non-hydrogen) atoms. The zero-order chi connectivity index (χ0) is 20.7. The Balaban J connectivity index is 2.18. The van der Waals surface area contributed by atoms with Gasteiger partial charge in [0.2, 0.25) is 5.76 Å². The van der Waals surface area contributed by atoms with Crippen molar-refractivity contribution < 1.29 is 24.2 Å². The standard InChI is InChI=1S/C19H25FN4O4/c1-18(11-21-8-9-23(18)2)19(10-12-4-6-13(20)7-5-12)22-14(17(27)28)15(25)16(26)24(19)3/h4-7,21-22,25H,8-11H2,1-3H3,(H,27,28). The van der Waals surface area contributed by atoms with Gasteiger partial charge in [0.15, 0.2) is 5.70 Å². The SMILES string of the molecule is CN1CCNCC1(C)C1(Cc2ccc(F)cc2)NC(C(=O)O)=C(O)C(=O)N1C. The number of hydrogen-bond acceptors (Lipinski definition) is 6. The van der Waals surface area contributed by atoms with Crippen molar-refractivity contribution in [3.8, 4) is 0 Å². The number of halogens is 1. The van der Waals surface area contributed by atoms with Crippen molar-refractivity contribution in [2.24, 2.45) is 0 Å². The third-order valence-electron chi connectivity index (χ3n) is 6.06. The first-order valence-electron chi connectivity index (χ1n) is 9.02. The molecule has 9 heteroatoms. The third-order valence-corrected chi connectivity index (χ3v) is 6.06. The van der Waals surface area contributed by atoms with Gasteiger partial charge in [0.1, 0.15) is 11.5 Å². The average Bonchev–Trinajstić information content (AvgIpc) is 2.66. The van der Waals surface area contributed by atoms with Crippen molar-refractivity contribution in [3.63, 3.8) is 0 Å². The lowest BCUT2D eigenvalue weighted by Gasteiger charge is -2.60. The predicted octanol–water partition coefficient (Wildman–Crippen LogP) is 0.274. The highest BCUT2D eigenvalue weighted by Gasteiger charge is 2.59. The Morgan fingerprint density at radius 2 is 1.93 bits per heavy atom. The number of amides is 1. The number of carboxylic acid groups (broad SMARTS) is 1. The van der Waals surface area contributed by atoms with Crippen LogP contribution in [0.5, 0.6) is 0 Å². The van der Waals surface area contributed by atoms with E-state index in [1.807, 2.05) is 14.0 Å². The fourth-order valence-corrected chi connectivity index (χ4v) is 4.11. The van der Waals surface area contributed by atoms with E-state index in [0.29, 0.717) is 13.1 Å². The zero-order valence-corrected chi connectivity index (χ0v) is 16.1. The minimum absolute atomic E-state index is 0.210. The number of aliphatic carboxylic acids is 1. The molecule has 0 aliphatic carbocycles. The van der Waals surface area contributed by atoms with E-state index < -0.39 is 34.5 Å². The van der Waals surface area contributed by atoms with Crippen molar-refractivity contribution >= 4 is 11.9 Å². The van der Waals surface area contributed by atoms with E-state index in [9.17, 15) is 24.2 Å². The summed E-state index contributed by atoms with van der Waals surface area (Å²) in [5.41, 5.74) is -1.75. The van der Waals surface area contributed by atoms with Crippen molar-refractivity contribution in [3.05, 3.63) is 47.1 Å². The van der Waals surface area contributed by atoms with Crippen LogP contribution in [0.4, 0.5) is 4.39 Å². The number of nitrogens with one attached hydrogen (secondary N) is 2. The van der Waals surface area contributed by atoms with E-state index in [4.69, 9.17) is 0 Å². The Hall–Kier alpha value is -2.65.